The average molecular weight is 621 g/mol. The normalized spacial score (nSPS) is 16.8. The smallest absolute Gasteiger partial charge is 0.262 e. The molecule has 234 valence electrons. The summed E-state index contributed by atoms with van der Waals surface area (Å²) in [5.74, 6) is 0.599. The Morgan fingerprint density at radius 1 is 0.886 bits per heavy atom. The maximum Gasteiger partial charge on any atom is 0.262 e. The average Bonchev–Trinajstić information content (AvgIpc) is 3.58. The number of rotatable bonds is 12. The fraction of sp³-hybridized carbons (Fsp3) is 0.394. The number of para-hydroxylation sites is 3. The van der Waals surface area contributed by atoms with Crippen molar-refractivity contribution in [2.24, 2.45) is 5.92 Å². The molecule has 0 unspecified atom stereocenters. The first-order valence-electron chi connectivity index (χ1n) is 15.2. The van der Waals surface area contributed by atoms with Crippen LogP contribution in [-0.2, 0) is 14.8 Å². The number of sulfonamides is 1. The van der Waals surface area contributed by atoms with E-state index in [9.17, 15) is 23.1 Å². The van der Waals surface area contributed by atoms with Crippen molar-refractivity contribution in [2.45, 2.75) is 43.0 Å². The van der Waals surface area contributed by atoms with E-state index in [0.29, 0.717) is 30.5 Å². The highest BCUT2D eigenvalue weighted by atomic mass is 32.2. The molecular weight excluding hydrogens is 580 g/mol. The molecule has 2 heterocycles. The van der Waals surface area contributed by atoms with E-state index in [4.69, 9.17) is 4.74 Å². The number of ether oxygens (including phenoxy) is 1. The second-order valence-corrected chi connectivity index (χ2v) is 13.0. The lowest BCUT2D eigenvalue weighted by Gasteiger charge is -2.34. The van der Waals surface area contributed by atoms with Crippen LogP contribution < -0.4 is 14.8 Å². The fourth-order valence-corrected chi connectivity index (χ4v) is 6.78. The Morgan fingerprint density at radius 2 is 1.55 bits per heavy atom. The van der Waals surface area contributed by atoms with E-state index in [0.717, 1.165) is 25.8 Å². The van der Waals surface area contributed by atoms with Crippen LogP contribution in [0.25, 0.3) is 0 Å². The molecule has 10 nitrogen and oxygen atoms in total. The van der Waals surface area contributed by atoms with Crippen LogP contribution in [0, 0.1) is 5.92 Å². The van der Waals surface area contributed by atoms with Gasteiger partial charge in [-0.25, -0.2) is 8.42 Å². The number of anilines is 1. The Morgan fingerprint density at radius 3 is 2.23 bits per heavy atom. The van der Waals surface area contributed by atoms with Gasteiger partial charge in [-0.05, 0) is 106 Å². The molecule has 2 aliphatic heterocycles. The quantitative estimate of drug-likeness (QED) is 0.278. The Labute approximate surface area is 259 Å². The van der Waals surface area contributed by atoms with Gasteiger partial charge in [0, 0.05) is 18.7 Å². The number of amides is 2. The molecule has 1 atom stereocenters. The number of likely N-dealkylation sites (tertiary alicyclic amines) is 2. The minimum Gasteiger partial charge on any atom is -0.455 e. The molecule has 3 aromatic carbocycles. The van der Waals surface area contributed by atoms with E-state index in [1.165, 1.54) is 50.2 Å². The number of aliphatic hydroxyl groups is 1. The van der Waals surface area contributed by atoms with E-state index in [-0.39, 0.29) is 22.1 Å². The van der Waals surface area contributed by atoms with Gasteiger partial charge in [0.1, 0.15) is 11.8 Å². The number of piperidine rings is 1. The summed E-state index contributed by atoms with van der Waals surface area (Å²) in [7, 11) is -4.01. The summed E-state index contributed by atoms with van der Waals surface area (Å²) in [6, 6.07) is 20.0. The summed E-state index contributed by atoms with van der Waals surface area (Å²) in [5.41, 5.74) is 0.432. The lowest BCUT2D eigenvalue weighted by molar-refractivity contribution is -0.135. The van der Waals surface area contributed by atoms with Crippen molar-refractivity contribution < 1.29 is 27.9 Å². The Balaban J connectivity index is 1.15. The van der Waals surface area contributed by atoms with Gasteiger partial charge >= 0.3 is 0 Å². The van der Waals surface area contributed by atoms with Gasteiger partial charge in [0.2, 0.25) is 5.91 Å². The molecule has 3 N–H and O–H groups in total. The maximum atomic E-state index is 13.2. The zero-order chi connectivity index (χ0) is 30.9. The second-order valence-electron chi connectivity index (χ2n) is 11.4. The summed E-state index contributed by atoms with van der Waals surface area (Å²) in [5, 5.41) is 12.5. The summed E-state index contributed by atoms with van der Waals surface area (Å²) < 4.78 is 34.7. The highest BCUT2D eigenvalue weighted by molar-refractivity contribution is 7.92. The number of benzene rings is 3. The van der Waals surface area contributed by atoms with Crippen LogP contribution in [0.5, 0.6) is 11.5 Å². The highest BCUT2D eigenvalue weighted by Gasteiger charge is 2.29. The minimum atomic E-state index is -4.01. The molecule has 2 fully saturated rings. The van der Waals surface area contributed by atoms with Gasteiger partial charge in [-0.2, -0.15) is 0 Å². The Bertz CT molecular complexity index is 1500. The topological polar surface area (TPSA) is 128 Å². The minimum absolute atomic E-state index is 0.0500. The number of carbonyl (C=O) groups is 2. The van der Waals surface area contributed by atoms with Gasteiger partial charge in [-0.1, -0.05) is 30.3 Å². The van der Waals surface area contributed by atoms with Gasteiger partial charge in [-0.3, -0.25) is 14.3 Å². The van der Waals surface area contributed by atoms with Gasteiger partial charge in [0.05, 0.1) is 17.2 Å². The maximum absolute atomic E-state index is 13.2. The SMILES string of the molecule is O=C(N[C@@H](CO)C(=O)N1CCC(CCN2CCCC2)CC1)c1ccc(S(=O)(=O)Nc2ccccc2Oc2ccccc2)cc1. The molecule has 2 amide bonds. The van der Waals surface area contributed by atoms with Crippen molar-refractivity contribution in [3.05, 3.63) is 84.4 Å². The van der Waals surface area contributed by atoms with Crippen molar-refractivity contribution in [2.75, 3.05) is 44.1 Å². The van der Waals surface area contributed by atoms with Crippen LogP contribution in [0.1, 0.15) is 42.5 Å². The Kier molecular flexibility index (Phi) is 10.5. The number of hydrogen-bond acceptors (Lipinski definition) is 7. The van der Waals surface area contributed by atoms with E-state index >= 15 is 0 Å². The van der Waals surface area contributed by atoms with Gasteiger partial charge in [0.25, 0.3) is 15.9 Å². The van der Waals surface area contributed by atoms with Gasteiger partial charge in [-0.15, -0.1) is 0 Å². The van der Waals surface area contributed by atoms with Crippen molar-refractivity contribution in [1.29, 1.82) is 0 Å². The first kappa shape index (κ1) is 31.5. The Hall–Kier alpha value is -3.93. The predicted molar refractivity (Wildman–Crippen MR) is 168 cm³/mol. The summed E-state index contributed by atoms with van der Waals surface area (Å²) >= 11 is 0. The number of aliphatic hydroxyl groups excluding tert-OH is 1. The van der Waals surface area contributed by atoms with E-state index in [1.807, 2.05) is 18.2 Å². The van der Waals surface area contributed by atoms with Crippen molar-refractivity contribution in [3.63, 3.8) is 0 Å². The van der Waals surface area contributed by atoms with Crippen molar-refractivity contribution >= 4 is 27.5 Å². The lowest BCUT2D eigenvalue weighted by Crippen LogP contribution is -2.52. The summed E-state index contributed by atoms with van der Waals surface area (Å²) in [6.45, 7) is 4.16. The molecule has 2 aliphatic rings. The van der Waals surface area contributed by atoms with E-state index < -0.39 is 28.6 Å². The molecule has 0 saturated carbocycles. The number of nitrogens with zero attached hydrogens (tertiary/aromatic N) is 2. The number of carbonyl (C=O) groups excluding carboxylic acids is 2. The second kappa shape index (κ2) is 14.7. The fourth-order valence-electron chi connectivity index (χ4n) is 5.71. The van der Waals surface area contributed by atoms with Crippen LogP contribution in [0.4, 0.5) is 5.69 Å². The lowest BCUT2D eigenvalue weighted by atomic mass is 9.93. The summed E-state index contributed by atoms with van der Waals surface area (Å²) in [6.07, 6.45) is 5.53. The number of nitrogens with one attached hydrogen (secondary N) is 2. The monoisotopic (exact) mass is 620 g/mol. The zero-order valence-corrected chi connectivity index (χ0v) is 25.5. The molecule has 11 heteroatoms. The third kappa shape index (κ3) is 8.16. The molecular formula is C33H40N4O6S. The van der Waals surface area contributed by atoms with Crippen LogP contribution >= 0.6 is 0 Å². The molecule has 0 aromatic heterocycles. The van der Waals surface area contributed by atoms with E-state index in [1.54, 1.807) is 41.3 Å². The molecule has 0 radical (unpaired) electrons. The standard InChI is InChI=1S/C33H40N4O6S/c38-24-30(33(40)37-22-17-25(18-23-37)16-21-36-19-6-7-20-36)34-32(39)26-12-14-28(15-13-26)44(41,42)35-29-10-4-5-11-31(29)43-27-8-2-1-3-9-27/h1-5,8-15,25,30,35,38H,6-7,16-24H2,(H,34,39)/t30-/m0/s1. The summed E-state index contributed by atoms with van der Waals surface area (Å²) in [4.78, 5) is 30.2. The van der Waals surface area contributed by atoms with Crippen LogP contribution in [0.15, 0.2) is 83.8 Å². The first-order chi connectivity index (χ1) is 21.3. The van der Waals surface area contributed by atoms with Gasteiger partial charge in [0.15, 0.2) is 5.75 Å². The molecule has 5 rings (SSSR count). The molecule has 0 aliphatic carbocycles. The first-order valence-corrected chi connectivity index (χ1v) is 16.7. The molecule has 2 saturated heterocycles. The van der Waals surface area contributed by atoms with E-state index in [2.05, 4.69) is 14.9 Å². The number of hydrogen-bond donors (Lipinski definition) is 3. The predicted octanol–water partition coefficient (Wildman–Crippen LogP) is 4.09. The molecule has 0 spiro atoms. The van der Waals surface area contributed by atoms with Crippen LogP contribution in [0.3, 0.4) is 0 Å². The molecule has 3 aromatic rings. The molecule has 0 bridgehead atoms. The largest absolute Gasteiger partial charge is 0.455 e. The third-order valence-corrected chi connectivity index (χ3v) is 9.68. The van der Waals surface area contributed by atoms with Crippen molar-refractivity contribution in [3.8, 4) is 11.5 Å². The highest BCUT2D eigenvalue weighted by Crippen LogP contribution is 2.31. The van der Waals surface area contributed by atoms with Gasteiger partial charge < -0.3 is 25.0 Å². The van der Waals surface area contributed by atoms with Crippen molar-refractivity contribution in [1.82, 2.24) is 15.1 Å². The zero-order valence-electron chi connectivity index (χ0n) is 24.7. The van der Waals surface area contributed by atoms with Crippen LogP contribution in [0.2, 0.25) is 0 Å². The van der Waals surface area contributed by atoms with Crippen LogP contribution in [-0.4, -0.2) is 80.5 Å². The third-order valence-electron chi connectivity index (χ3n) is 8.29. The molecule has 44 heavy (non-hydrogen) atoms.